The lowest BCUT2D eigenvalue weighted by Crippen LogP contribution is -2.54. The van der Waals surface area contributed by atoms with Crippen LogP contribution in [0.1, 0.15) is 122 Å². The van der Waals surface area contributed by atoms with E-state index in [1.807, 2.05) is 36.4 Å². The summed E-state index contributed by atoms with van der Waals surface area (Å²) in [6.45, 7) is 16.3. The molecule has 2 unspecified atom stereocenters. The van der Waals surface area contributed by atoms with Crippen molar-refractivity contribution < 1.29 is 87.5 Å². The first-order valence-electron chi connectivity index (χ1n) is 17.8. The van der Waals surface area contributed by atoms with Gasteiger partial charge in [0, 0.05) is 9.13 Å². The monoisotopic (exact) mass is 982 g/mol. The molecule has 0 bridgehead atoms. The van der Waals surface area contributed by atoms with Crippen LogP contribution in [-0.4, -0.2) is 64.3 Å². The molecular weight excluding hydrogens is 932 g/mol. The summed E-state index contributed by atoms with van der Waals surface area (Å²) in [5.41, 5.74) is -14.9. The van der Waals surface area contributed by atoms with Crippen LogP contribution in [0.2, 0.25) is 0 Å². The molecule has 0 saturated heterocycles. The van der Waals surface area contributed by atoms with E-state index >= 15 is 0 Å². The Hall–Kier alpha value is -3.27. The summed E-state index contributed by atoms with van der Waals surface area (Å²) < 4.78 is 153. The average Bonchev–Trinajstić information content (AvgIpc) is 3.10. The van der Waals surface area contributed by atoms with Gasteiger partial charge in [-0.25, -0.2) is 13.6 Å². The maximum Gasteiger partial charge on any atom is 0.430 e. The molecule has 0 amide bonds. The topological polar surface area (TPSA) is 130 Å². The summed E-state index contributed by atoms with van der Waals surface area (Å²) in [4.78, 5) is 34.1. The molecule has 0 radical (unpaired) electrons. The zero-order chi connectivity index (χ0) is 47.1. The number of carbonyl (C=O) groups is 3. The standard InChI is InChI=1S/C17H19F9O2.C13H15IO4.C9H16F2O2/c1-5-12(2,3)9-6-10(13(4,27)15(18,19)20)8-11(7-9)14(28,16(21,22)23)17(24,25)26;1-4-13(2,3)12(17)18-8-5-6-10(14)9(7-8)11(15)16;1-5-9(3,4)8(12)13-6(2)7(10)11/h6-8,27-28H,5H2,1-4H3;5-7H,4H2,1-3H3,(H,15,16);6-7H,5H2,1-4H3. The molecule has 2 rings (SSSR count). The Morgan fingerprint density at radius 1 is 0.661 bits per heavy atom. The minimum absolute atomic E-state index is 0.121. The summed E-state index contributed by atoms with van der Waals surface area (Å²) in [7, 11) is 0. The number of esters is 2. The molecule has 3 N–H and O–H groups in total. The van der Waals surface area contributed by atoms with Crippen molar-refractivity contribution in [2.45, 2.75) is 143 Å². The number of rotatable bonds is 12. The van der Waals surface area contributed by atoms with Crippen molar-refractivity contribution in [1.82, 2.24) is 0 Å². The van der Waals surface area contributed by atoms with Crippen LogP contribution in [0.3, 0.4) is 0 Å². The molecule has 0 aromatic heterocycles. The molecule has 0 saturated carbocycles. The van der Waals surface area contributed by atoms with E-state index in [9.17, 15) is 72.9 Å². The highest BCUT2D eigenvalue weighted by atomic mass is 127. The van der Waals surface area contributed by atoms with Crippen molar-refractivity contribution >= 4 is 40.5 Å². The quantitative estimate of drug-likeness (QED) is 0.0830. The summed E-state index contributed by atoms with van der Waals surface area (Å²) in [5, 5.41) is 28.4. The first-order valence-corrected chi connectivity index (χ1v) is 18.8. The summed E-state index contributed by atoms with van der Waals surface area (Å²) in [6.07, 6.45) is -20.5. The number of aromatic carboxylic acids is 1. The fraction of sp³-hybridized carbons (Fsp3) is 0.615. The number of carboxylic acids is 1. The normalized spacial score (nSPS) is 14.5. The Labute approximate surface area is 349 Å². The highest BCUT2D eigenvalue weighted by Gasteiger charge is 2.71. The number of halogens is 12. The Morgan fingerprint density at radius 2 is 1.08 bits per heavy atom. The van der Waals surface area contributed by atoms with E-state index in [-0.39, 0.29) is 42.3 Å². The summed E-state index contributed by atoms with van der Waals surface area (Å²) in [5.74, 6) is -1.70. The van der Waals surface area contributed by atoms with E-state index in [0.29, 0.717) is 28.5 Å². The van der Waals surface area contributed by atoms with Crippen LogP contribution in [0, 0.1) is 14.4 Å². The van der Waals surface area contributed by atoms with Crippen LogP contribution >= 0.6 is 22.6 Å². The van der Waals surface area contributed by atoms with E-state index in [1.165, 1.54) is 33.8 Å². The second-order valence-electron chi connectivity index (χ2n) is 15.6. The maximum absolute atomic E-state index is 13.2. The number of hydrogen-bond acceptors (Lipinski definition) is 7. The lowest BCUT2D eigenvalue weighted by atomic mass is 9.77. The van der Waals surface area contributed by atoms with E-state index < -0.39 is 81.6 Å². The largest absolute Gasteiger partial charge is 0.478 e. The smallest absolute Gasteiger partial charge is 0.430 e. The second kappa shape index (κ2) is 20.1. The molecule has 20 heteroatoms. The number of ether oxygens (including phenoxy) is 2. The number of aliphatic hydroxyl groups is 2. The third kappa shape index (κ3) is 14.1. The molecule has 0 aliphatic heterocycles. The average molecular weight is 983 g/mol. The first-order chi connectivity index (χ1) is 26.2. The van der Waals surface area contributed by atoms with Gasteiger partial charge in [-0.3, -0.25) is 9.59 Å². The van der Waals surface area contributed by atoms with E-state index in [0.717, 1.165) is 0 Å². The highest BCUT2D eigenvalue weighted by Crippen LogP contribution is 2.52. The zero-order valence-electron chi connectivity index (χ0n) is 34.2. The van der Waals surface area contributed by atoms with E-state index in [1.54, 1.807) is 39.8 Å². The highest BCUT2D eigenvalue weighted by molar-refractivity contribution is 14.1. The van der Waals surface area contributed by atoms with Gasteiger partial charge in [0.15, 0.2) is 11.7 Å². The van der Waals surface area contributed by atoms with Crippen LogP contribution in [0.25, 0.3) is 0 Å². The van der Waals surface area contributed by atoms with Crippen LogP contribution < -0.4 is 4.74 Å². The predicted molar refractivity (Wildman–Crippen MR) is 203 cm³/mol. The van der Waals surface area contributed by atoms with Crippen molar-refractivity contribution in [3.8, 4) is 5.75 Å². The number of hydrogen-bond donors (Lipinski definition) is 3. The fourth-order valence-electron chi connectivity index (χ4n) is 4.01. The zero-order valence-corrected chi connectivity index (χ0v) is 36.3. The van der Waals surface area contributed by atoms with Crippen LogP contribution in [-0.2, 0) is 30.9 Å². The van der Waals surface area contributed by atoms with Gasteiger partial charge in [0.05, 0.1) is 16.4 Å². The van der Waals surface area contributed by atoms with Crippen molar-refractivity contribution in [3.05, 3.63) is 62.2 Å². The maximum atomic E-state index is 13.2. The molecule has 338 valence electrons. The Kier molecular flexibility index (Phi) is 19.0. The summed E-state index contributed by atoms with van der Waals surface area (Å²) in [6, 6.07) is 5.51. The minimum Gasteiger partial charge on any atom is -0.478 e. The van der Waals surface area contributed by atoms with Gasteiger partial charge < -0.3 is 24.8 Å². The van der Waals surface area contributed by atoms with Gasteiger partial charge >= 0.3 is 36.4 Å². The Morgan fingerprint density at radius 3 is 1.46 bits per heavy atom. The number of carbonyl (C=O) groups excluding carboxylic acids is 2. The van der Waals surface area contributed by atoms with Gasteiger partial charge in [-0.15, -0.1) is 0 Å². The molecule has 2 aromatic rings. The van der Waals surface area contributed by atoms with Gasteiger partial charge in [0.1, 0.15) is 5.75 Å². The van der Waals surface area contributed by atoms with Crippen LogP contribution in [0.15, 0.2) is 36.4 Å². The van der Waals surface area contributed by atoms with E-state index in [4.69, 9.17) is 9.84 Å². The Bertz CT molecular complexity index is 1740. The Balaban J connectivity index is 0.000000930. The minimum atomic E-state index is -6.28. The van der Waals surface area contributed by atoms with Crippen molar-refractivity contribution in [2.24, 2.45) is 10.8 Å². The van der Waals surface area contributed by atoms with Gasteiger partial charge in [-0.05, 0) is 124 Å². The molecule has 0 heterocycles. The fourth-order valence-corrected chi connectivity index (χ4v) is 4.58. The third-order valence-corrected chi connectivity index (χ3v) is 10.8. The van der Waals surface area contributed by atoms with Crippen molar-refractivity contribution in [2.75, 3.05) is 0 Å². The third-order valence-electron chi connectivity index (χ3n) is 9.85. The first kappa shape index (κ1) is 55.7. The summed E-state index contributed by atoms with van der Waals surface area (Å²) >= 11 is 1.93. The molecule has 0 aliphatic carbocycles. The SMILES string of the molecule is CCC(C)(C)C(=O)OC(C)C(F)F.CCC(C)(C)C(=O)Oc1ccc(I)c(C(=O)O)c1.CCC(C)(C)c1cc(C(C)(O)C(F)(F)F)cc(C(O)(C(F)(F)F)C(F)(F)F)c1. The van der Waals surface area contributed by atoms with Crippen molar-refractivity contribution in [1.29, 1.82) is 0 Å². The predicted octanol–water partition coefficient (Wildman–Crippen LogP) is 11.4. The van der Waals surface area contributed by atoms with Gasteiger partial charge in [-0.1, -0.05) is 46.8 Å². The van der Waals surface area contributed by atoms with Crippen LogP contribution in [0.4, 0.5) is 48.3 Å². The molecule has 2 atom stereocenters. The van der Waals surface area contributed by atoms with Gasteiger partial charge in [0.25, 0.3) is 12.0 Å². The molecule has 59 heavy (non-hydrogen) atoms. The molecule has 0 aliphatic rings. The van der Waals surface area contributed by atoms with Gasteiger partial charge in [0.2, 0.25) is 0 Å². The molecular formula is C39H50F11IO8. The number of alkyl halides is 11. The van der Waals surface area contributed by atoms with E-state index in [2.05, 4.69) is 4.74 Å². The molecule has 2 aromatic carbocycles. The number of carboxylic acid groups (broad SMARTS) is 1. The lowest BCUT2D eigenvalue weighted by molar-refractivity contribution is -0.376. The second-order valence-corrected chi connectivity index (χ2v) is 16.7. The van der Waals surface area contributed by atoms with Crippen LogP contribution in [0.5, 0.6) is 5.75 Å². The van der Waals surface area contributed by atoms with Gasteiger partial charge in [-0.2, -0.15) is 39.5 Å². The van der Waals surface area contributed by atoms with Crippen molar-refractivity contribution in [3.63, 3.8) is 0 Å². The number of benzene rings is 2. The molecule has 0 spiro atoms. The lowest BCUT2D eigenvalue weighted by Gasteiger charge is -2.36. The molecule has 8 nitrogen and oxygen atoms in total. The molecule has 0 fully saturated rings.